The van der Waals surface area contributed by atoms with Crippen LogP contribution in [-0.2, 0) is 6.42 Å². The Morgan fingerprint density at radius 2 is 2.35 bits per heavy atom. The molecule has 0 aliphatic heterocycles. The van der Waals surface area contributed by atoms with Gasteiger partial charge >= 0.3 is 0 Å². The molecule has 0 radical (unpaired) electrons. The molecular formula is C12H13N3OS. The van der Waals surface area contributed by atoms with Crippen molar-refractivity contribution in [2.75, 3.05) is 6.54 Å². The lowest BCUT2D eigenvalue weighted by atomic mass is 10.2. The van der Waals surface area contributed by atoms with Crippen LogP contribution in [0.3, 0.4) is 0 Å². The van der Waals surface area contributed by atoms with Crippen molar-refractivity contribution in [3.63, 3.8) is 0 Å². The first kappa shape index (κ1) is 11.7. The Bertz CT molecular complexity index is 456. The molecule has 1 amide bonds. The molecule has 2 heterocycles. The fraction of sp³-hybridized carbons (Fsp3) is 0.250. The minimum absolute atomic E-state index is 0.0720. The number of aromatic nitrogens is 2. The highest BCUT2D eigenvalue weighted by Crippen LogP contribution is 2.06. The highest BCUT2D eigenvalue weighted by Gasteiger charge is 2.03. The van der Waals surface area contributed by atoms with Gasteiger partial charge in [-0.3, -0.25) is 9.78 Å². The molecule has 0 saturated heterocycles. The van der Waals surface area contributed by atoms with Crippen molar-refractivity contribution in [2.45, 2.75) is 12.8 Å². The summed E-state index contributed by atoms with van der Waals surface area (Å²) >= 11 is 1.64. The van der Waals surface area contributed by atoms with E-state index in [2.05, 4.69) is 15.3 Å². The van der Waals surface area contributed by atoms with Crippen LogP contribution in [0.25, 0.3) is 0 Å². The highest BCUT2D eigenvalue weighted by molar-refractivity contribution is 7.09. The van der Waals surface area contributed by atoms with Crippen molar-refractivity contribution in [1.82, 2.24) is 15.3 Å². The Morgan fingerprint density at radius 3 is 3.06 bits per heavy atom. The quantitative estimate of drug-likeness (QED) is 0.821. The van der Waals surface area contributed by atoms with E-state index in [-0.39, 0.29) is 5.91 Å². The van der Waals surface area contributed by atoms with Crippen molar-refractivity contribution in [3.8, 4) is 0 Å². The topological polar surface area (TPSA) is 54.9 Å². The van der Waals surface area contributed by atoms with Crippen LogP contribution in [0.2, 0.25) is 0 Å². The summed E-state index contributed by atoms with van der Waals surface area (Å²) in [7, 11) is 0. The molecule has 5 heteroatoms. The Kier molecular flexibility index (Phi) is 4.21. The van der Waals surface area contributed by atoms with Gasteiger partial charge in [0.25, 0.3) is 5.91 Å². The second-order valence-corrected chi connectivity index (χ2v) is 4.51. The molecule has 88 valence electrons. The largest absolute Gasteiger partial charge is 0.352 e. The first-order chi connectivity index (χ1) is 8.36. The summed E-state index contributed by atoms with van der Waals surface area (Å²) in [6.07, 6.45) is 6.83. The number of carbonyl (C=O) groups excluding carboxylic acids is 1. The lowest BCUT2D eigenvalue weighted by Crippen LogP contribution is -2.24. The number of thiazole rings is 1. The third-order valence-corrected chi connectivity index (χ3v) is 3.10. The second kappa shape index (κ2) is 6.10. The zero-order valence-corrected chi connectivity index (χ0v) is 10.1. The van der Waals surface area contributed by atoms with Crippen LogP contribution in [0.1, 0.15) is 21.8 Å². The molecule has 2 aromatic heterocycles. The molecule has 0 saturated carbocycles. The van der Waals surface area contributed by atoms with E-state index in [1.54, 1.807) is 42.1 Å². The predicted octanol–water partition coefficient (Wildman–Crippen LogP) is 1.90. The van der Waals surface area contributed by atoms with Gasteiger partial charge in [-0.15, -0.1) is 11.3 Å². The average Bonchev–Trinajstić information content (AvgIpc) is 2.88. The van der Waals surface area contributed by atoms with Gasteiger partial charge in [0.1, 0.15) is 0 Å². The SMILES string of the molecule is O=C(NCCCc1nccs1)c1cccnc1. The van der Waals surface area contributed by atoms with E-state index in [9.17, 15) is 4.79 Å². The summed E-state index contributed by atoms with van der Waals surface area (Å²) in [5.74, 6) is -0.0720. The number of nitrogens with one attached hydrogen (secondary N) is 1. The zero-order valence-electron chi connectivity index (χ0n) is 9.30. The predicted molar refractivity (Wildman–Crippen MR) is 67.0 cm³/mol. The highest BCUT2D eigenvalue weighted by atomic mass is 32.1. The molecule has 0 atom stereocenters. The molecule has 0 aromatic carbocycles. The number of carbonyl (C=O) groups is 1. The fourth-order valence-electron chi connectivity index (χ4n) is 1.42. The number of aryl methyl sites for hydroxylation is 1. The normalized spacial score (nSPS) is 10.1. The third-order valence-electron chi connectivity index (χ3n) is 2.26. The van der Waals surface area contributed by atoms with Crippen LogP contribution in [0.5, 0.6) is 0 Å². The number of hydrogen-bond acceptors (Lipinski definition) is 4. The van der Waals surface area contributed by atoms with Crippen molar-refractivity contribution in [3.05, 3.63) is 46.7 Å². The van der Waals surface area contributed by atoms with Crippen molar-refractivity contribution >= 4 is 17.2 Å². The molecule has 0 aliphatic carbocycles. The number of nitrogens with zero attached hydrogens (tertiary/aromatic N) is 2. The average molecular weight is 247 g/mol. The maximum absolute atomic E-state index is 11.6. The molecular weight excluding hydrogens is 234 g/mol. The number of hydrogen-bond donors (Lipinski definition) is 1. The molecule has 0 fully saturated rings. The smallest absolute Gasteiger partial charge is 0.252 e. The van der Waals surface area contributed by atoms with Crippen LogP contribution in [-0.4, -0.2) is 22.4 Å². The van der Waals surface area contributed by atoms with Gasteiger partial charge in [0.15, 0.2) is 0 Å². The van der Waals surface area contributed by atoms with Gasteiger partial charge in [-0.25, -0.2) is 4.98 Å². The molecule has 1 N–H and O–H groups in total. The summed E-state index contributed by atoms with van der Waals surface area (Å²) in [6.45, 7) is 0.660. The van der Waals surface area contributed by atoms with Crippen LogP contribution in [0.15, 0.2) is 36.1 Å². The van der Waals surface area contributed by atoms with E-state index >= 15 is 0 Å². The molecule has 2 aromatic rings. The standard InChI is InChI=1S/C12H13N3OS/c16-12(10-3-1-5-13-9-10)15-6-2-4-11-14-7-8-17-11/h1,3,5,7-9H,2,4,6H2,(H,15,16). The molecule has 0 bridgehead atoms. The van der Waals surface area contributed by atoms with Crippen LogP contribution < -0.4 is 5.32 Å². The Hall–Kier alpha value is -1.75. The zero-order chi connectivity index (χ0) is 11.9. The van der Waals surface area contributed by atoms with Gasteiger partial charge in [0, 0.05) is 36.9 Å². The summed E-state index contributed by atoms with van der Waals surface area (Å²) in [5.41, 5.74) is 0.599. The maximum Gasteiger partial charge on any atom is 0.252 e. The molecule has 17 heavy (non-hydrogen) atoms. The Morgan fingerprint density at radius 1 is 1.41 bits per heavy atom. The van der Waals surface area contributed by atoms with E-state index in [0.29, 0.717) is 12.1 Å². The number of pyridine rings is 1. The monoisotopic (exact) mass is 247 g/mol. The van der Waals surface area contributed by atoms with Crippen molar-refractivity contribution in [2.24, 2.45) is 0 Å². The van der Waals surface area contributed by atoms with Gasteiger partial charge in [-0.1, -0.05) is 0 Å². The third kappa shape index (κ3) is 3.64. The summed E-state index contributed by atoms with van der Waals surface area (Å²) in [5, 5.41) is 5.93. The molecule has 0 unspecified atom stereocenters. The van der Waals surface area contributed by atoms with Gasteiger partial charge in [-0.05, 0) is 18.6 Å². The van der Waals surface area contributed by atoms with E-state index in [1.807, 2.05) is 5.38 Å². The minimum Gasteiger partial charge on any atom is -0.352 e. The van der Waals surface area contributed by atoms with E-state index in [1.165, 1.54) is 0 Å². The van der Waals surface area contributed by atoms with E-state index in [4.69, 9.17) is 0 Å². The first-order valence-corrected chi connectivity index (χ1v) is 6.31. The number of amides is 1. The van der Waals surface area contributed by atoms with Gasteiger partial charge in [0.05, 0.1) is 10.6 Å². The van der Waals surface area contributed by atoms with Crippen LogP contribution in [0.4, 0.5) is 0 Å². The maximum atomic E-state index is 11.6. The number of rotatable bonds is 5. The van der Waals surface area contributed by atoms with E-state index < -0.39 is 0 Å². The summed E-state index contributed by atoms with van der Waals surface area (Å²) in [6, 6.07) is 3.51. The minimum atomic E-state index is -0.0720. The lowest BCUT2D eigenvalue weighted by molar-refractivity contribution is 0.0953. The fourth-order valence-corrected chi connectivity index (χ4v) is 2.08. The van der Waals surface area contributed by atoms with Gasteiger partial charge in [0.2, 0.25) is 0 Å². The molecule has 4 nitrogen and oxygen atoms in total. The molecule has 2 rings (SSSR count). The van der Waals surface area contributed by atoms with Gasteiger partial charge in [-0.2, -0.15) is 0 Å². The van der Waals surface area contributed by atoms with Crippen LogP contribution in [0, 0.1) is 0 Å². The van der Waals surface area contributed by atoms with Crippen LogP contribution >= 0.6 is 11.3 Å². The van der Waals surface area contributed by atoms with Crippen molar-refractivity contribution < 1.29 is 4.79 Å². The van der Waals surface area contributed by atoms with E-state index in [0.717, 1.165) is 17.8 Å². The summed E-state index contributed by atoms with van der Waals surface area (Å²) in [4.78, 5) is 19.7. The van der Waals surface area contributed by atoms with Crippen molar-refractivity contribution in [1.29, 1.82) is 0 Å². The lowest BCUT2D eigenvalue weighted by Gasteiger charge is -2.03. The first-order valence-electron chi connectivity index (χ1n) is 5.43. The van der Waals surface area contributed by atoms with Gasteiger partial charge < -0.3 is 5.32 Å². The Labute approximate surface area is 104 Å². The second-order valence-electron chi connectivity index (χ2n) is 3.53. The Balaban J connectivity index is 1.70. The summed E-state index contributed by atoms with van der Waals surface area (Å²) < 4.78 is 0. The molecule has 0 aliphatic rings. The molecule has 0 spiro atoms.